The van der Waals surface area contributed by atoms with E-state index in [4.69, 9.17) is 0 Å². The van der Waals surface area contributed by atoms with Crippen LogP contribution in [0.2, 0.25) is 0 Å². The van der Waals surface area contributed by atoms with Crippen LogP contribution in [0.25, 0.3) is 0 Å². The van der Waals surface area contributed by atoms with Gasteiger partial charge in [-0.2, -0.15) is 0 Å². The smallest absolute Gasteiger partial charge is 0.0640 e. The summed E-state index contributed by atoms with van der Waals surface area (Å²) in [6.07, 6.45) is 32.4. The molecule has 0 amide bonds. The highest BCUT2D eigenvalue weighted by atomic mass is 14.4. The van der Waals surface area contributed by atoms with E-state index in [1.165, 1.54) is 123 Å². The number of fused-ring (bicyclic) bond motifs is 1. The zero-order chi connectivity index (χ0) is 25.8. The maximum absolute atomic E-state index is 2.42. The highest BCUT2D eigenvalue weighted by molar-refractivity contribution is 5.68. The van der Waals surface area contributed by atoms with Gasteiger partial charge in [0.1, 0.15) is 0 Å². The van der Waals surface area contributed by atoms with Gasteiger partial charge in [0.25, 0.3) is 0 Å². The predicted octanol–water partition coefficient (Wildman–Crippen LogP) is 10.8. The van der Waals surface area contributed by atoms with E-state index in [0.29, 0.717) is 0 Å². The number of hydrogen-bond donors (Lipinski definition) is 0. The molecule has 0 spiro atoms. The number of aryl methyl sites for hydroxylation is 2. The highest BCUT2D eigenvalue weighted by Gasteiger charge is 2.38. The van der Waals surface area contributed by atoms with Crippen molar-refractivity contribution in [1.82, 2.24) is 0 Å². The summed E-state index contributed by atoms with van der Waals surface area (Å²) in [6.45, 7) is 4.58. The van der Waals surface area contributed by atoms with Gasteiger partial charge in [-0.25, -0.2) is 0 Å². The monoisotopic (exact) mass is 492 g/mol. The second-order valence-electron chi connectivity index (χ2n) is 11.2. The van der Waals surface area contributed by atoms with Gasteiger partial charge in [-0.05, 0) is 59.1 Å². The van der Waals surface area contributed by atoms with Crippen LogP contribution in [0.15, 0.2) is 96.1 Å². The van der Waals surface area contributed by atoms with E-state index in [9.17, 15) is 0 Å². The van der Waals surface area contributed by atoms with Gasteiger partial charge in [0.15, 0.2) is 0 Å². The van der Waals surface area contributed by atoms with Crippen molar-refractivity contribution in [2.45, 2.75) is 109 Å². The van der Waals surface area contributed by atoms with E-state index in [-0.39, 0.29) is 5.41 Å². The number of hydrogen-bond acceptors (Lipinski definition) is 0. The highest BCUT2D eigenvalue weighted by Crippen LogP contribution is 2.47. The van der Waals surface area contributed by atoms with E-state index < -0.39 is 0 Å². The van der Waals surface area contributed by atoms with Gasteiger partial charge in [0.05, 0.1) is 5.41 Å². The average Bonchev–Trinajstić information content (AvgIpc) is 3.43. The first-order valence-corrected chi connectivity index (χ1v) is 15.3. The molecule has 0 bridgehead atoms. The maximum atomic E-state index is 2.42. The first kappa shape index (κ1) is 27.4. The molecule has 0 radical (unpaired) electrons. The standard InChI is InChI=1S/C37H48/c1-3-5-7-9-11-13-17-31-22-26-34(27-23-31)37(30-16-20-33-19-15-21-36(33)37)35-28-24-32(25-29-35)18-14-12-10-8-6-4-2/h15-16,19-30H,3-14,17-18H2,1-2H3. The van der Waals surface area contributed by atoms with E-state index in [2.05, 4.69) is 98.8 Å². The van der Waals surface area contributed by atoms with Crippen molar-refractivity contribution in [2.24, 2.45) is 0 Å². The number of unbranched alkanes of at least 4 members (excludes halogenated alkanes) is 10. The number of allylic oxidation sites excluding steroid dienone is 8. The normalized spacial score (nSPS) is 15.5. The molecule has 0 nitrogen and oxygen atoms in total. The Morgan fingerprint density at radius 2 is 1.00 bits per heavy atom. The lowest BCUT2D eigenvalue weighted by molar-refractivity contribution is 0.607. The van der Waals surface area contributed by atoms with Crippen molar-refractivity contribution < 1.29 is 0 Å². The summed E-state index contributed by atoms with van der Waals surface area (Å²) in [5.74, 6) is 0. The van der Waals surface area contributed by atoms with Crippen LogP contribution in [0.3, 0.4) is 0 Å². The van der Waals surface area contributed by atoms with Crippen LogP contribution in [0, 0.1) is 0 Å². The molecular formula is C37H48. The molecule has 2 aromatic carbocycles. The summed E-state index contributed by atoms with van der Waals surface area (Å²) in [7, 11) is 0. The fourth-order valence-electron chi connectivity index (χ4n) is 6.08. The largest absolute Gasteiger partial charge is 0.0654 e. The molecular weight excluding hydrogens is 444 g/mol. The molecule has 0 saturated heterocycles. The minimum atomic E-state index is -0.217. The lowest BCUT2D eigenvalue weighted by atomic mass is 9.65. The van der Waals surface area contributed by atoms with Crippen LogP contribution in [0.5, 0.6) is 0 Å². The predicted molar refractivity (Wildman–Crippen MR) is 162 cm³/mol. The lowest BCUT2D eigenvalue weighted by Crippen LogP contribution is -2.29. The Morgan fingerprint density at radius 1 is 0.514 bits per heavy atom. The second kappa shape index (κ2) is 14.4. The van der Waals surface area contributed by atoms with E-state index in [1.54, 1.807) is 0 Å². The molecule has 0 heteroatoms. The van der Waals surface area contributed by atoms with Gasteiger partial charge < -0.3 is 0 Å². The molecule has 0 saturated carbocycles. The first-order valence-electron chi connectivity index (χ1n) is 15.3. The van der Waals surface area contributed by atoms with Crippen LogP contribution < -0.4 is 0 Å². The molecule has 0 atom stereocenters. The average molecular weight is 493 g/mol. The first-order chi connectivity index (χ1) is 18.3. The van der Waals surface area contributed by atoms with Crippen molar-refractivity contribution in [3.05, 3.63) is 118 Å². The Balaban J connectivity index is 1.47. The van der Waals surface area contributed by atoms with Gasteiger partial charge in [-0.1, -0.05) is 163 Å². The molecule has 4 rings (SSSR count). The fraction of sp³-hybridized carbons (Fsp3) is 0.459. The van der Waals surface area contributed by atoms with Crippen molar-refractivity contribution in [3.8, 4) is 0 Å². The van der Waals surface area contributed by atoms with Gasteiger partial charge in [-0.15, -0.1) is 0 Å². The molecule has 0 fully saturated rings. The molecule has 0 heterocycles. The topological polar surface area (TPSA) is 0 Å². The number of benzene rings is 2. The van der Waals surface area contributed by atoms with Crippen LogP contribution in [-0.4, -0.2) is 0 Å². The maximum Gasteiger partial charge on any atom is 0.0640 e. The number of rotatable bonds is 16. The van der Waals surface area contributed by atoms with E-state index in [0.717, 1.165) is 0 Å². The summed E-state index contributed by atoms with van der Waals surface area (Å²) in [5.41, 5.74) is 8.22. The van der Waals surface area contributed by atoms with Gasteiger partial charge >= 0.3 is 0 Å². The molecule has 0 aromatic heterocycles. The van der Waals surface area contributed by atoms with E-state index in [1.807, 2.05) is 0 Å². The zero-order valence-corrected chi connectivity index (χ0v) is 23.5. The molecule has 2 aliphatic rings. The van der Waals surface area contributed by atoms with Crippen LogP contribution in [0.4, 0.5) is 0 Å². The van der Waals surface area contributed by atoms with E-state index >= 15 is 0 Å². The molecule has 2 aromatic rings. The van der Waals surface area contributed by atoms with Gasteiger partial charge in [-0.3, -0.25) is 0 Å². The summed E-state index contributed by atoms with van der Waals surface area (Å²) in [4.78, 5) is 0. The molecule has 196 valence electrons. The quantitative estimate of drug-likeness (QED) is 0.204. The molecule has 2 aliphatic carbocycles. The summed E-state index contributed by atoms with van der Waals surface area (Å²) < 4.78 is 0. The van der Waals surface area contributed by atoms with Gasteiger partial charge in [0, 0.05) is 0 Å². The summed E-state index contributed by atoms with van der Waals surface area (Å²) >= 11 is 0. The summed E-state index contributed by atoms with van der Waals surface area (Å²) in [6, 6.07) is 19.1. The molecule has 37 heavy (non-hydrogen) atoms. The van der Waals surface area contributed by atoms with Crippen LogP contribution >= 0.6 is 0 Å². The zero-order valence-electron chi connectivity index (χ0n) is 23.5. The molecule has 0 N–H and O–H groups in total. The van der Waals surface area contributed by atoms with Gasteiger partial charge in [0.2, 0.25) is 0 Å². The SMILES string of the molecule is CCCCCCCCc1ccc(C2(c3ccc(CCCCCCCC)cc3)C=CC=C3C=CC=C32)cc1. The Hall–Kier alpha value is -2.60. The molecule has 0 aliphatic heterocycles. The Bertz CT molecular complexity index is 1010. The van der Waals surface area contributed by atoms with Crippen molar-refractivity contribution >= 4 is 0 Å². The minimum absolute atomic E-state index is 0.217. The fourth-order valence-corrected chi connectivity index (χ4v) is 6.08. The molecule has 0 unspecified atom stereocenters. The van der Waals surface area contributed by atoms with Crippen LogP contribution in [-0.2, 0) is 18.3 Å². The van der Waals surface area contributed by atoms with Crippen molar-refractivity contribution in [1.29, 1.82) is 0 Å². The third-order valence-electron chi connectivity index (χ3n) is 8.35. The lowest BCUT2D eigenvalue weighted by Gasteiger charge is -2.36. The minimum Gasteiger partial charge on any atom is -0.0654 e. The Morgan fingerprint density at radius 3 is 1.51 bits per heavy atom. The Labute approximate surface area is 227 Å². The second-order valence-corrected chi connectivity index (χ2v) is 11.2. The third kappa shape index (κ3) is 7.04. The third-order valence-corrected chi connectivity index (χ3v) is 8.35. The Kier molecular flexibility index (Phi) is 10.7. The van der Waals surface area contributed by atoms with Crippen LogP contribution in [0.1, 0.15) is 113 Å². The van der Waals surface area contributed by atoms with Crippen molar-refractivity contribution in [2.75, 3.05) is 0 Å². The summed E-state index contributed by atoms with van der Waals surface area (Å²) in [5, 5.41) is 0. The van der Waals surface area contributed by atoms with Crippen molar-refractivity contribution in [3.63, 3.8) is 0 Å².